The van der Waals surface area contributed by atoms with Crippen LogP contribution in [0.5, 0.6) is 0 Å². The van der Waals surface area contributed by atoms with E-state index in [0.717, 1.165) is 43.4 Å². The van der Waals surface area contributed by atoms with Gasteiger partial charge >= 0.3 is 29.6 Å². The molecule has 0 saturated carbocycles. The second-order valence-corrected chi connectivity index (χ2v) is 7.74. The first kappa shape index (κ1) is 17.5. The van der Waals surface area contributed by atoms with Crippen LogP contribution in [-0.4, -0.2) is 26.2 Å². The molecule has 1 fully saturated rings. The van der Waals surface area contributed by atoms with Crippen molar-refractivity contribution in [2.24, 2.45) is 0 Å². The van der Waals surface area contributed by atoms with Gasteiger partial charge < -0.3 is 13.7 Å². The van der Waals surface area contributed by atoms with Crippen LogP contribution in [0.4, 0.5) is 0 Å². The number of rotatable bonds is 2. The third kappa shape index (κ3) is 3.01. The van der Waals surface area contributed by atoms with Gasteiger partial charge in [-0.25, -0.2) is 8.42 Å². The molecule has 1 saturated heterocycles. The van der Waals surface area contributed by atoms with E-state index in [0.29, 0.717) is 17.8 Å². The molecule has 23 heavy (non-hydrogen) atoms. The third-order valence-corrected chi connectivity index (χ3v) is 5.56. The summed E-state index contributed by atoms with van der Waals surface area (Å²) < 4.78 is 45.0. The summed E-state index contributed by atoms with van der Waals surface area (Å²) in [6.45, 7) is 1.44. The molecule has 7 heteroatoms. The summed E-state index contributed by atoms with van der Waals surface area (Å²) in [5.74, 6) is 0.405. The zero-order valence-electron chi connectivity index (χ0n) is 13.1. The maximum atomic E-state index is 11.1. The SMILES string of the molecule is O=S(=O)([O-])Cc1cccc2c3c(oc12)CCCC31CCOC1.[Na+]. The molecule has 1 spiro atoms. The van der Waals surface area contributed by atoms with Gasteiger partial charge in [0.2, 0.25) is 0 Å². The van der Waals surface area contributed by atoms with Gasteiger partial charge in [0.25, 0.3) is 0 Å². The summed E-state index contributed by atoms with van der Waals surface area (Å²) >= 11 is 0. The molecule has 0 bridgehead atoms. The molecule has 0 radical (unpaired) electrons. The molecule has 2 aliphatic rings. The topological polar surface area (TPSA) is 79.6 Å². The van der Waals surface area contributed by atoms with Crippen LogP contribution in [0.15, 0.2) is 22.6 Å². The first-order chi connectivity index (χ1) is 10.5. The van der Waals surface area contributed by atoms with Crippen molar-refractivity contribution in [1.82, 2.24) is 0 Å². The Morgan fingerprint density at radius 3 is 2.78 bits per heavy atom. The predicted octanol–water partition coefficient (Wildman–Crippen LogP) is -0.524. The third-order valence-electron chi connectivity index (χ3n) is 4.90. The summed E-state index contributed by atoms with van der Waals surface area (Å²) in [4.78, 5) is 0. The molecular formula is C16H17NaO5S. The van der Waals surface area contributed by atoms with E-state index in [9.17, 15) is 13.0 Å². The van der Waals surface area contributed by atoms with Crippen LogP contribution in [0.3, 0.4) is 0 Å². The van der Waals surface area contributed by atoms with Crippen molar-refractivity contribution in [3.8, 4) is 0 Å². The molecule has 1 atom stereocenters. The minimum absolute atomic E-state index is 0. The number of fused-ring (bicyclic) bond motifs is 4. The Balaban J connectivity index is 0.00000156. The molecular weight excluding hydrogens is 327 g/mol. The minimum Gasteiger partial charge on any atom is -0.748 e. The van der Waals surface area contributed by atoms with Crippen LogP contribution in [0.1, 0.15) is 36.1 Å². The van der Waals surface area contributed by atoms with Gasteiger partial charge in [-0.2, -0.15) is 0 Å². The number of furan rings is 1. The number of ether oxygens (including phenoxy) is 1. The molecule has 118 valence electrons. The monoisotopic (exact) mass is 344 g/mol. The Bertz CT molecular complexity index is 834. The minimum atomic E-state index is -4.33. The Morgan fingerprint density at radius 1 is 1.26 bits per heavy atom. The Hall–Kier alpha value is -0.370. The van der Waals surface area contributed by atoms with Gasteiger partial charge in [-0.3, -0.25) is 0 Å². The van der Waals surface area contributed by atoms with Crippen LogP contribution < -0.4 is 29.6 Å². The van der Waals surface area contributed by atoms with Crippen LogP contribution >= 0.6 is 0 Å². The zero-order valence-corrected chi connectivity index (χ0v) is 15.9. The Morgan fingerprint density at radius 2 is 2.09 bits per heavy atom. The molecule has 1 aliphatic heterocycles. The molecule has 4 rings (SSSR count). The zero-order chi connectivity index (χ0) is 15.4. The van der Waals surface area contributed by atoms with E-state index in [1.54, 1.807) is 12.1 Å². The quantitative estimate of drug-likeness (QED) is 0.541. The van der Waals surface area contributed by atoms with Gasteiger partial charge in [0.15, 0.2) is 0 Å². The maximum absolute atomic E-state index is 11.1. The van der Waals surface area contributed by atoms with Crippen LogP contribution in [0.2, 0.25) is 0 Å². The molecule has 0 N–H and O–H groups in total. The Kier molecular flexibility index (Phi) is 4.68. The van der Waals surface area contributed by atoms with E-state index in [-0.39, 0.29) is 35.0 Å². The van der Waals surface area contributed by atoms with E-state index >= 15 is 0 Å². The first-order valence-electron chi connectivity index (χ1n) is 7.54. The Labute approximate surface area is 157 Å². The summed E-state index contributed by atoms with van der Waals surface area (Å²) in [6, 6.07) is 5.42. The average Bonchev–Trinajstić information content (AvgIpc) is 3.03. The number of hydrogen-bond donors (Lipinski definition) is 0. The van der Waals surface area contributed by atoms with Gasteiger partial charge in [0, 0.05) is 35.0 Å². The fourth-order valence-corrected chi connectivity index (χ4v) is 4.61. The fraction of sp³-hybridized carbons (Fsp3) is 0.500. The second-order valence-electron chi connectivity index (χ2n) is 6.33. The maximum Gasteiger partial charge on any atom is 1.00 e. The van der Waals surface area contributed by atoms with Crippen molar-refractivity contribution < 1.29 is 51.7 Å². The summed E-state index contributed by atoms with van der Waals surface area (Å²) in [7, 11) is -4.33. The summed E-state index contributed by atoms with van der Waals surface area (Å²) in [5.41, 5.74) is 2.18. The fourth-order valence-electron chi connectivity index (χ4n) is 4.00. The molecule has 5 nitrogen and oxygen atoms in total. The molecule has 1 aliphatic carbocycles. The van der Waals surface area contributed by atoms with Gasteiger partial charge in [0.1, 0.15) is 11.3 Å². The van der Waals surface area contributed by atoms with Crippen LogP contribution in [0.25, 0.3) is 11.0 Å². The van der Waals surface area contributed by atoms with E-state index in [1.165, 1.54) is 5.56 Å². The molecule has 1 aromatic heterocycles. The molecule has 2 aromatic rings. The normalized spacial score (nSPS) is 23.9. The largest absolute Gasteiger partial charge is 1.00 e. The van der Waals surface area contributed by atoms with Crippen molar-refractivity contribution in [3.05, 3.63) is 35.1 Å². The van der Waals surface area contributed by atoms with Crippen molar-refractivity contribution in [2.75, 3.05) is 13.2 Å². The standard InChI is InChI=1S/C16H18O5S.Na/c17-22(18,19)9-11-3-1-4-12-14-13(21-15(11)12)5-2-6-16(14)7-8-20-10-16;/h1,3-4H,2,5-10H2,(H,17,18,19);/q;+1/p-1. The number of benzene rings is 1. The van der Waals surface area contributed by atoms with Crippen LogP contribution in [0, 0.1) is 0 Å². The molecule has 1 unspecified atom stereocenters. The second kappa shape index (κ2) is 6.17. The van der Waals surface area contributed by atoms with Gasteiger partial charge in [-0.15, -0.1) is 0 Å². The van der Waals surface area contributed by atoms with Gasteiger partial charge in [-0.1, -0.05) is 18.2 Å². The first-order valence-corrected chi connectivity index (χ1v) is 9.11. The smallest absolute Gasteiger partial charge is 0.748 e. The van der Waals surface area contributed by atoms with Crippen LogP contribution in [-0.2, 0) is 32.4 Å². The van der Waals surface area contributed by atoms with E-state index in [1.807, 2.05) is 6.07 Å². The molecule has 1 aromatic carbocycles. The van der Waals surface area contributed by atoms with Crippen molar-refractivity contribution >= 4 is 21.1 Å². The van der Waals surface area contributed by atoms with Gasteiger partial charge in [-0.05, 0) is 19.3 Å². The summed E-state index contributed by atoms with van der Waals surface area (Å²) in [6.07, 6.45) is 3.94. The number of aryl methyl sites for hydroxylation is 1. The number of para-hydroxylation sites is 1. The average molecular weight is 344 g/mol. The number of hydrogen-bond acceptors (Lipinski definition) is 5. The predicted molar refractivity (Wildman–Crippen MR) is 79.7 cm³/mol. The van der Waals surface area contributed by atoms with Gasteiger partial charge in [0.05, 0.1) is 22.5 Å². The molecule has 0 amide bonds. The summed E-state index contributed by atoms with van der Waals surface area (Å²) in [5, 5.41) is 0.946. The van der Waals surface area contributed by atoms with Crippen molar-refractivity contribution in [1.29, 1.82) is 0 Å². The van der Waals surface area contributed by atoms with E-state index in [4.69, 9.17) is 9.15 Å². The van der Waals surface area contributed by atoms with Crippen molar-refractivity contribution in [2.45, 2.75) is 36.9 Å². The van der Waals surface area contributed by atoms with E-state index < -0.39 is 15.9 Å². The molecule has 2 heterocycles. The van der Waals surface area contributed by atoms with Crippen molar-refractivity contribution in [3.63, 3.8) is 0 Å². The van der Waals surface area contributed by atoms with E-state index in [2.05, 4.69) is 0 Å².